The molecule has 1 aromatic heterocycles. The van der Waals surface area contributed by atoms with Crippen molar-refractivity contribution in [3.05, 3.63) is 58.4 Å². The van der Waals surface area contributed by atoms with Crippen LogP contribution in [0.2, 0.25) is 5.02 Å². The summed E-state index contributed by atoms with van der Waals surface area (Å²) in [6.45, 7) is 1.79. The SMILES string of the molecule is Cc1cccc(Cl)c1NC(=O)c1ncccc1C(=O)O. The fourth-order valence-electron chi connectivity index (χ4n) is 1.72. The van der Waals surface area contributed by atoms with E-state index in [-0.39, 0.29) is 11.3 Å². The van der Waals surface area contributed by atoms with Crippen LogP contribution in [0.25, 0.3) is 0 Å². The van der Waals surface area contributed by atoms with Crippen molar-refractivity contribution in [1.82, 2.24) is 4.98 Å². The van der Waals surface area contributed by atoms with Gasteiger partial charge >= 0.3 is 5.97 Å². The van der Waals surface area contributed by atoms with Crippen LogP contribution in [0, 0.1) is 6.92 Å². The number of carboxylic acids is 1. The third kappa shape index (κ3) is 2.78. The Morgan fingerprint density at radius 3 is 2.65 bits per heavy atom. The minimum Gasteiger partial charge on any atom is -0.478 e. The van der Waals surface area contributed by atoms with Gasteiger partial charge in [0.2, 0.25) is 0 Å². The van der Waals surface area contributed by atoms with Crippen molar-refractivity contribution in [3.8, 4) is 0 Å². The molecule has 0 aliphatic carbocycles. The van der Waals surface area contributed by atoms with Gasteiger partial charge in [0.25, 0.3) is 5.91 Å². The van der Waals surface area contributed by atoms with Crippen molar-refractivity contribution in [2.75, 3.05) is 5.32 Å². The molecule has 0 aliphatic rings. The molecule has 1 heterocycles. The fourth-order valence-corrected chi connectivity index (χ4v) is 1.99. The summed E-state index contributed by atoms with van der Waals surface area (Å²) in [6.07, 6.45) is 1.36. The molecule has 5 nitrogen and oxygen atoms in total. The number of carbonyl (C=O) groups excluding carboxylic acids is 1. The highest BCUT2D eigenvalue weighted by Gasteiger charge is 2.18. The number of carbonyl (C=O) groups is 2. The molecule has 0 radical (unpaired) electrons. The number of nitrogens with zero attached hydrogens (tertiary/aromatic N) is 1. The van der Waals surface area contributed by atoms with Gasteiger partial charge in [-0.25, -0.2) is 4.79 Å². The van der Waals surface area contributed by atoms with Gasteiger partial charge in [-0.15, -0.1) is 0 Å². The molecule has 2 aromatic rings. The van der Waals surface area contributed by atoms with Crippen molar-refractivity contribution in [2.45, 2.75) is 6.92 Å². The van der Waals surface area contributed by atoms with Crippen LogP contribution in [0.15, 0.2) is 36.5 Å². The largest absolute Gasteiger partial charge is 0.478 e. The standard InChI is InChI=1S/C14H11ClN2O3/c1-8-4-2-6-10(15)11(8)17-13(18)12-9(14(19)20)5-3-7-16-12/h2-7H,1H3,(H,17,18)(H,19,20). The quantitative estimate of drug-likeness (QED) is 0.911. The van der Waals surface area contributed by atoms with Gasteiger partial charge in [0, 0.05) is 6.20 Å². The molecule has 1 aromatic carbocycles. The third-order valence-corrected chi connectivity index (χ3v) is 3.03. The average molecular weight is 291 g/mol. The zero-order valence-electron chi connectivity index (χ0n) is 10.6. The number of hydrogen-bond acceptors (Lipinski definition) is 3. The Morgan fingerprint density at radius 1 is 1.25 bits per heavy atom. The highest BCUT2D eigenvalue weighted by Crippen LogP contribution is 2.25. The van der Waals surface area contributed by atoms with E-state index in [9.17, 15) is 9.59 Å². The van der Waals surface area contributed by atoms with Crippen LogP contribution < -0.4 is 5.32 Å². The number of amides is 1. The predicted molar refractivity (Wildman–Crippen MR) is 75.3 cm³/mol. The van der Waals surface area contributed by atoms with Crippen molar-refractivity contribution in [2.24, 2.45) is 0 Å². The Labute approximate surface area is 120 Å². The zero-order chi connectivity index (χ0) is 14.7. The first-order chi connectivity index (χ1) is 9.50. The monoisotopic (exact) mass is 290 g/mol. The van der Waals surface area contributed by atoms with Gasteiger partial charge in [-0.05, 0) is 30.7 Å². The van der Waals surface area contributed by atoms with E-state index in [1.807, 2.05) is 0 Å². The van der Waals surface area contributed by atoms with E-state index >= 15 is 0 Å². The van der Waals surface area contributed by atoms with Crippen molar-refractivity contribution in [1.29, 1.82) is 0 Å². The van der Waals surface area contributed by atoms with Gasteiger partial charge in [0.1, 0.15) is 5.69 Å². The van der Waals surface area contributed by atoms with Crippen LogP contribution in [0.3, 0.4) is 0 Å². The number of para-hydroxylation sites is 1. The summed E-state index contributed by atoms with van der Waals surface area (Å²) in [5.41, 5.74) is 0.911. The summed E-state index contributed by atoms with van der Waals surface area (Å²) in [4.78, 5) is 27.0. The topological polar surface area (TPSA) is 79.3 Å². The van der Waals surface area contributed by atoms with E-state index in [1.165, 1.54) is 18.3 Å². The molecule has 0 saturated carbocycles. The number of aromatic nitrogens is 1. The highest BCUT2D eigenvalue weighted by atomic mass is 35.5. The van der Waals surface area contributed by atoms with Crippen molar-refractivity contribution >= 4 is 29.2 Å². The Hall–Kier alpha value is -2.40. The molecule has 2 N–H and O–H groups in total. The molecular weight excluding hydrogens is 280 g/mol. The Morgan fingerprint density at radius 2 is 2.00 bits per heavy atom. The lowest BCUT2D eigenvalue weighted by atomic mass is 10.1. The number of halogens is 1. The Bertz CT molecular complexity index is 666. The summed E-state index contributed by atoms with van der Waals surface area (Å²) in [5.74, 6) is -1.82. The number of benzene rings is 1. The Kier molecular flexibility index (Phi) is 4.00. The zero-order valence-corrected chi connectivity index (χ0v) is 11.3. The lowest BCUT2D eigenvalue weighted by Gasteiger charge is -2.10. The number of hydrogen-bond donors (Lipinski definition) is 2. The van der Waals surface area contributed by atoms with Crippen LogP contribution in [0.1, 0.15) is 26.4 Å². The average Bonchev–Trinajstić information content (AvgIpc) is 2.43. The maximum atomic E-state index is 12.1. The summed E-state index contributed by atoms with van der Waals surface area (Å²) < 4.78 is 0. The molecule has 20 heavy (non-hydrogen) atoms. The maximum absolute atomic E-state index is 12.1. The summed E-state index contributed by atoms with van der Waals surface area (Å²) in [5, 5.41) is 12.0. The van der Waals surface area contributed by atoms with E-state index in [0.717, 1.165) is 5.56 Å². The van der Waals surface area contributed by atoms with Gasteiger partial charge in [-0.1, -0.05) is 23.7 Å². The molecule has 0 fully saturated rings. The third-order valence-electron chi connectivity index (χ3n) is 2.71. The van der Waals surface area contributed by atoms with Crippen LogP contribution in [-0.2, 0) is 0 Å². The number of nitrogens with one attached hydrogen (secondary N) is 1. The minimum absolute atomic E-state index is 0.153. The molecule has 1 amide bonds. The van der Waals surface area contributed by atoms with E-state index in [2.05, 4.69) is 10.3 Å². The van der Waals surface area contributed by atoms with Gasteiger partial charge < -0.3 is 10.4 Å². The molecule has 0 saturated heterocycles. The van der Waals surface area contributed by atoms with E-state index in [4.69, 9.17) is 16.7 Å². The summed E-state index contributed by atoms with van der Waals surface area (Å²) in [6, 6.07) is 7.97. The number of anilines is 1. The second-order valence-electron chi connectivity index (χ2n) is 4.09. The number of aromatic carboxylic acids is 1. The molecule has 102 valence electrons. The molecule has 0 unspecified atom stereocenters. The lowest BCUT2D eigenvalue weighted by molar-refractivity contribution is 0.0691. The molecule has 0 spiro atoms. The van der Waals surface area contributed by atoms with E-state index in [0.29, 0.717) is 10.7 Å². The first-order valence-corrected chi connectivity index (χ1v) is 6.13. The van der Waals surface area contributed by atoms with E-state index < -0.39 is 11.9 Å². The first-order valence-electron chi connectivity index (χ1n) is 5.75. The molecule has 0 bridgehead atoms. The molecular formula is C14H11ClN2O3. The van der Waals surface area contributed by atoms with Crippen LogP contribution in [0.5, 0.6) is 0 Å². The Balaban J connectivity index is 2.36. The number of rotatable bonds is 3. The van der Waals surface area contributed by atoms with Crippen molar-refractivity contribution < 1.29 is 14.7 Å². The fraction of sp³-hybridized carbons (Fsp3) is 0.0714. The molecule has 6 heteroatoms. The van der Waals surface area contributed by atoms with Gasteiger partial charge in [0.05, 0.1) is 16.3 Å². The minimum atomic E-state index is -1.21. The smallest absolute Gasteiger partial charge is 0.338 e. The van der Waals surface area contributed by atoms with E-state index in [1.54, 1.807) is 25.1 Å². The summed E-state index contributed by atoms with van der Waals surface area (Å²) >= 11 is 6.01. The van der Waals surface area contributed by atoms with Gasteiger partial charge in [0.15, 0.2) is 0 Å². The normalized spacial score (nSPS) is 10.1. The number of carboxylic acid groups (broad SMARTS) is 1. The van der Waals surface area contributed by atoms with Crippen LogP contribution in [0.4, 0.5) is 5.69 Å². The second-order valence-corrected chi connectivity index (χ2v) is 4.50. The van der Waals surface area contributed by atoms with Crippen LogP contribution in [-0.4, -0.2) is 22.0 Å². The molecule has 0 aliphatic heterocycles. The molecule has 2 rings (SSSR count). The lowest BCUT2D eigenvalue weighted by Crippen LogP contribution is -2.18. The molecule has 0 atom stereocenters. The van der Waals surface area contributed by atoms with Gasteiger partial charge in [-0.3, -0.25) is 9.78 Å². The van der Waals surface area contributed by atoms with Crippen LogP contribution >= 0.6 is 11.6 Å². The summed E-state index contributed by atoms with van der Waals surface area (Å²) in [7, 11) is 0. The predicted octanol–water partition coefficient (Wildman–Crippen LogP) is 2.99. The number of pyridine rings is 1. The maximum Gasteiger partial charge on any atom is 0.338 e. The first kappa shape index (κ1) is 14.0. The van der Waals surface area contributed by atoms with Gasteiger partial charge in [-0.2, -0.15) is 0 Å². The van der Waals surface area contributed by atoms with Crippen molar-refractivity contribution in [3.63, 3.8) is 0 Å². The second kappa shape index (κ2) is 5.71. The highest BCUT2D eigenvalue weighted by molar-refractivity contribution is 6.34. The number of aryl methyl sites for hydroxylation is 1.